The van der Waals surface area contributed by atoms with Crippen LogP contribution in [0.3, 0.4) is 0 Å². The van der Waals surface area contributed by atoms with Crippen LogP contribution in [0.1, 0.15) is 0 Å². The number of hydrogen-bond donors (Lipinski definition) is 1. The Hall–Kier alpha value is -2.75. The highest BCUT2D eigenvalue weighted by atomic mass is 32.2. The minimum atomic E-state index is -4.48. The molecule has 0 heterocycles. The van der Waals surface area contributed by atoms with Crippen LogP contribution in [-0.4, -0.2) is 13.3 Å². The van der Waals surface area contributed by atoms with Gasteiger partial charge in [-0.2, -0.15) is 8.42 Å². The van der Waals surface area contributed by atoms with Gasteiger partial charge in [0.25, 0.3) is 5.69 Å². The maximum atomic E-state index is 13.1. The number of nitrogens with zero attached hydrogens (tertiary/aromatic N) is 1. The first-order valence-corrected chi connectivity index (χ1v) is 7.05. The van der Waals surface area contributed by atoms with Gasteiger partial charge in [0.05, 0.1) is 11.0 Å². The molecule has 0 bridgehead atoms. The average molecular weight is 330 g/mol. The molecule has 0 fully saturated rings. The molecule has 0 spiro atoms. The first kappa shape index (κ1) is 15.6. The highest BCUT2D eigenvalue weighted by Crippen LogP contribution is 2.28. The van der Waals surface area contributed by atoms with Crippen molar-refractivity contribution in [3.63, 3.8) is 0 Å². The van der Waals surface area contributed by atoms with Crippen molar-refractivity contribution in [2.24, 2.45) is 0 Å². The SMILES string of the molecule is Nc1ccc(OS(=O)(=O)c2ccc(F)c(F)c2)cc1[N+](=O)[O-]. The summed E-state index contributed by atoms with van der Waals surface area (Å²) in [5.41, 5.74) is 4.64. The first-order valence-electron chi connectivity index (χ1n) is 5.64. The van der Waals surface area contributed by atoms with E-state index in [2.05, 4.69) is 4.18 Å². The van der Waals surface area contributed by atoms with Crippen LogP contribution in [-0.2, 0) is 10.1 Å². The van der Waals surface area contributed by atoms with Crippen LogP contribution in [0.15, 0.2) is 41.3 Å². The van der Waals surface area contributed by atoms with E-state index < -0.39 is 37.3 Å². The Morgan fingerprint density at radius 3 is 2.36 bits per heavy atom. The molecular formula is C12H8F2N2O5S. The topological polar surface area (TPSA) is 113 Å². The lowest BCUT2D eigenvalue weighted by molar-refractivity contribution is -0.383. The third-order valence-corrected chi connectivity index (χ3v) is 3.83. The second-order valence-corrected chi connectivity index (χ2v) is 5.64. The molecule has 0 unspecified atom stereocenters. The van der Waals surface area contributed by atoms with Crippen molar-refractivity contribution in [2.75, 3.05) is 5.73 Å². The van der Waals surface area contributed by atoms with Crippen LogP contribution in [0.5, 0.6) is 5.75 Å². The van der Waals surface area contributed by atoms with E-state index >= 15 is 0 Å². The van der Waals surface area contributed by atoms with Crippen molar-refractivity contribution < 1.29 is 26.3 Å². The van der Waals surface area contributed by atoms with Gasteiger partial charge < -0.3 is 9.92 Å². The predicted octanol–water partition coefficient (Wildman–Crippen LogP) is 2.22. The molecule has 10 heteroatoms. The van der Waals surface area contributed by atoms with Crippen LogP contribution in [0.2, 0.25) is 0 Å². The number of nitrogen functional groups attached to an aromatic ring is 1. The van der Waals surface area contributed by atoms with Gasteiger partial charge >= 0.3 is 10.1 Å². The molecule has 0 saturated carbocycles. The fourth-order valence-electron chi connectivity index (χ4n) is 1.54. The second-order valence-electron chi connectivity index (χ2n) is 4.09. The molecule has 2 rings (SSSR count). The van der Waals surface area contributed by atoms with Crippen LogP contribution in [0, 0.1) is 21.7 Å². The summed E-state index contributed by atoms with van der Waals surface area (Å²) in [6.07, 6.45) is 0. The smallest absolute Gasteiger partial charge is 0.339 e. The van der Waals surface area contributed by atoms with Crippen molar-refractivity contribution in [2.45, 2.75) is 4.90 Å². The molecule has 7 nitrogen and oxygen atoms in total. The molecule has 0 aliphatic rings. The summed E-state index contributed by atoms with van der Waals surface area (Å²) in [4.78, 5) is 9.27. The van der Waals surface area contributed by atoms with Gasteiger partial charge in [0.2, 0.25) is 0 Å². The zero-order chi connectivity index (χ0) is 16.5. The Labute approximate surface area is 123 Å². The molecule has 0 atom stereocenters. The summed E-state index contributed by atoms with van der Waals surface area (Å²) >= 11 is 0. The molecule has 0 saturated heterocycles. The molecule has 2 aromatic rings. The van der Waals surface area contributed by atoms with Gasteiger partial charge in [-0.25, -0.2) is 8.78 Å². The van der Waals surface area contributed by atoms with Gasteiger partial charge in [0.15, 0.2) is 11.6 Å². The Balaban J connectivity index is 2.38. The van der Waals surface area contributed by atoms with E-state index in [-0.39, 0.29) is 11.4 Å². The van der Waals surface area contributed by atoms with E-state index in [0.29, 0.717) is 12.1 Å². The molecular weight excluding hydrogens is 322 g/mol. The van der Waals surface area contributed by atoms with Gasteiger partial charge in [0, 0.05) is 0 Å². The zero-order valence-electron chi connectivity index (χ0n) is 10.7. The second kappa shape index (κ2) is 5.56. The highest BCUT2D eigenvalue weighted by molar-refractivity contribution is 7.87. The quantitative estimate of drug-likeness (QED) is 0.398. The highest BCUT2D eigenvalue weighted by Gasteiger charge is 2.21. The van der Waals surface area contributed by atoms with E-state index in [0.717, 1.165) is 24.3 Å². The van der Waals surface area contributed by atoms with Crippen LogP contribution in [0.25, 0.3) is 0 Å². The largest absolute Gasteiger partial charge is 0.393 e. The summed E-state index contributed by atoms with van der Waals surface area (Å²) in [5, 5.41) is 10.7. The minimum Gasteiger partial charge on any atom is -0.393 e. The average Bonchev–Trinajstić information content (AvgIpc) is 2.43. The summed E-state index contributed by atoms with van der Waals surface area (Å²) in [5.74, 6) is -2.97. The summed E-state index contributed by atoms with van der Waals surface area (Å²) in [6.45, 7) is 0. The Morgan fingerprint density at radius 1 is 1.09 bits per heavy atom. The van der Waals surface area contributed by atoms with Crippen LogP contribution >= 0.6 is 0 Å². The van der Waals surface area contributed by atoms with Gasteiger partial charge in [-0.1, -0.05) is 0 Å². The molecule has 0 amide bonds. The van der Waals surface area contributed by atoms with E-state index in [1.807, 2.05) is 0 Å². The Morgan fingerprint density at radius 2 is 1.77 bits per heavy atom. The van der Waals surface area contributed by atoms with Crippen molar-refractivity contribution in [1.29, 1.82) is 0 Å². The monoisotopic (exact) mass is 330 g/mol. The number of halogens is 2. The predicted molar refractivity (Wildman–Crippen MR) is 71.7 cm³/mol. The molecule has 0 aliphatic carbocycles. The third kappa shape index (κ3) is 3.11. The number of rotatable bonds is 4. The van der Waals surface area contributed by atoms with Crippen LogP contribution in [0.4, 0.5) is 20.2 Å². The standard InChI is InChI=1S/C12H8F2N2O5S/c13-9-3-2-8(6-10(9)14)22(19,20)21-7-1-4-11(15)12(5-7)16(17)18/h1-6H,15H2. The molecule has 22 heavy (non-hydrogen) atoms. The lowest BCUT2D eigenvalue weighted by Gasteiger charge is -2.07. The number of nitro benzene ring substituents is 1. The number of benzene rings is 2. The van der Waals surface area contributed by atoms with E-state index in [1.165, 1.54) is 0 Å². The van der Waals surface area contributed by atoms with Gasteiger partial charge in [-0.3, -0.25) is 10.1 Å². The molecule has 0 radical (unpaired) electrons. The van der Waals surface area contributed by atoms with E-state index in [4.69, 9.17) is 5.73 Å². The van der Waals surface area contributed by atoms with Crippen molar-refractivity contribution in [3.8, 4) is 5.75 Å². The van der Waals surface area contributed by atoms with Gasteiger partial charge in [-0.05, 0) is 30.3 Å². The fourth-order valence-corrected chi connectivity index (χ4v) is 2.48. The van der Waals surface area contributed by atoms with Crippen LogP contribution < -0.4 is 9.92 Å². The van der Waals surface area contributed by atoms with Crippen molar-refractivity contribution in [1.82, 2.24) is 0 Å². The van der Waals surface area contributed by atoms with E-state index in [1.54, 1.807) is 0 Å². The van der Waals surface area contributed by atoms with E-state index in [9.17, 15) is 27.3 Å². The van der Waals surface area contributed by atoms with Gasteiger partial charge in [0.1, 0.15) is 16.3 Å². The van der Waals surface area contributed by atoms with Crippen molar-refractivity contribution >= 4 is 21.5 Å². The summed E-state index contributed by atoms with van der Waals surface area (Å²) < 4.78 is 54.4. The normalized spacial score (nSPS) is 11.2. The number of hydrogen-bond acceptors (Lipinski definition) is 6. The third-order valence-electron chi connectivity index (χ3n) is 2.58. The lowest BCUT2D eigenvalue weighted by Crippen LogP contribution is -2.10. The Bertz CT molecular complexity index is 855. The summed E-state index contributed by atoms with van der Waals surface area (Å²) in [6, 6.07) is 4.87. The Kier molecular flexibility index (Phi) is 3.95. The molecule has 0 aliphatic heterocycles. The van der Waals surface area contributed by atoms with Gasteiger partial charge in [-0.15, -0.1) is 0 Å². The number of nitro groups is 1. The minimum absolute atomic E-state index is 0.178. The molecule has 0 aromatic heterocycles. The lowest BCUT2D eigenvalue weighted by atomic mass is 10.2. The maximum absolute atomic E-state index is 13.1. The molecule has 2 N–H and O–H groups in total. The van der Waals surface area contributed by atoms with Crippen molar-refractivity contribution in [3.05, 3.63) is 58.1 Å². The molecule has 116 valence electrons. The first-order chi connectivity index (χ1) is 10.2. The molecule has 2 aromatic carbocycles. The zero-order valence-corrected chi connectivity index (χ0v) is 11.5. The number of nitrogens with two attached hydrogens (primary N) is 1. The summed E-state index contributed by atoms with van der Waals surface area (Å²) in [7, 11) is -4.48. The number of anilines is 1. The maximum Gasteiger partial charge on any atom is 0.339 e. The fraction of sp³-hybridized carbons (Fsp3) is 0.